The highest BCUT2D eigenvalue weighted by molar-refractivity contribution is 5.95. The van der Waals surface area contributed by atoms with Crippen LogP contribution < -0.4 is 10.1 Å². The maximum atomic E-state index is 12.8. The number of carbonyl (C=O) groups is 1. The van der Waals surface area contributed by atoms with E-state index in [0.29, 0.717) is 31.4 Å². The van der Waals surface area contributed by atoms with Crippen LogP contribution in [0.5, 0.6) is 5.88 Å². The van der Waals surface area contributed by atoms with Gasteiger partial charge in [0.25, 0.3) is 0 Å². The van der Waals surface area contributed by atoms with Crippen molar-refractivity contribution in [2.45, 2.75) is 44.8 Å². The summed E-state index contributed by atoms with van der Waals surface area (Å²) >= 11 is 0. The first kappa shape index (κ1) is 20.0. The number of rotatable bonds is 6. The number of pyridine rings is 1. The lowest BCUT2D eigenvalue weighted by atomic mass is 9.87. The van der Waals surface area contributed by atoms with Gasteiger partial charge in [-0.15, -0.1) is 0 Å². The van der Waals surface area contributed by atoms with E-state index < -0.39 is 11.2 Å². The molecule has 1 aromatic rings. The second-order valence-corrected chi connectivity index (χ2v) is 8.10. The molecule has 0 unspecified atom stereocenters. The zero-order valence-corrected chi connectivity index (χ0v) is 16.6. The van der Waals surface area contributed by atoms with E-state index in [9.17, 15) is 4.79 Å². The predicted molar refractivity (Wildman–Crippen MR) is 103 cm³/mol. The molecule has 0 atom stereocenters. The lowest BCUT2D eigenvalue weighted by Crippen LogP contribution is -2.53. The maximum Gasteiger partial charge on any atom is 0.235 e. The number of ether oxygens (including phenoxy) is 3. The van der Waals surface area contributed by atoms with E-state index >= 15 is 0 Å². The van der Waals surface area contributed by atoms with Crippen molar-refractivity contribution in [1.29, 1.82) is 0 Å². The van der Waals surface area contributed by atoms with Crippen molar-refractivity contribution in [1.82, 2.24) is 9.88 Å². The van der Waals surface area contributed by atoms with Gasteiger partial charge >= 0.3 is 0 Å². The lowest BCUT2D eigenvalue weighted by molar-refractivity contribution is -0.306. The molecule has 0 bridgehead atoms. The van der Waals surface area contributed by atoms with Crippen LogP contribution in [-0.4, -0.2) is 62.0 Å². The minimum atomic E-state index is -0.705. The number of nitrogens with one attached hydrogen (secondary N) is 1. The summed E-state index contributed by atoms with van der Waals surface area (Å²) in [5, 5.41) is 2.92. The summed E-state index contributed by atoms with van der Waals surface area (Å²) in [5.41, 5.74) is -0.0667. The summed E-state index contributed by atoms with van der Waals surface area (Å²) in [6, 6.07) is 3.56. The van der Waals surface area contributed by atoms with E-state index in [0.717, 1.165) is 32.2 Å². The molecule has 7 nitrogen and oxygen atoms in total. The molecule has 150 valence electrons. The number of anilines is 1. The van der Waals surface area contributed by atoms with E-state index in [4.69, 9.17) is 14.2 Å². The molecular formula is C20H31N3O4. The van der Waals surface area contributed by atoms with Gasteiger partial charge in [-0.2, -0.15) is 0 Å². The molecule has 1 aliphatic heterocycles. The SMILES string of the molecule is CN(C)CCOc1ccc(NC(=O)C2(C)COC3(CCCCC3)OC2)cn1. The summed E-state index contributed by atoms with van der Waals surface area (Å²) in [6.07, 6.45) is 6.93. The van der Waals surface area contributed by atoms with Crippen molar-refractivity contribution in [3.63, 3.8) is 0 Å². The first-order valence-electron chi connectivity index (χ1n) is 9.74. The first-order valence-corrected chi connectivity index (χ1v) is 9.74. The second kappa shape index (κ2) is 8.54. The standard InChI is InChI=1S/C20H31N3O4/c1-19(14-26-20(27-15-19)9-5-4-6-10-20)18(24)22-16-7-8-17(21-13-16)25-12-11-23(2)3/h7-8,13H,4-6,9-12,14-15H2,1-3H3,(H,22,24). The Kier molecular flexibility index (Phi) is 6.34. The molecule has 2 fully saturated rings. The molecule has 1 saturated heterocycles. The minimum absolute atomic E-state index is 0.115. The Morgan fingerprint density at radius 3 is 2.52 bits per heavy atom. The second-order valence-electron chi connectivity index (χ2n) is 8.10. The van der Waals surface area contributed by atoms with Crippen LogP contribution in [0.4, 0.5) is 5.69 Å². The number of hydrogen-bond acceptors (Lipinski definition) is 6. The number of hydrogen-bond donors (Lipinski definition) is 1. The van der Waals surface area contributed by atoms with Gasteiger partial charge in [0.05, 0.1) is 30.5 Å². The molecule has 1 amide bonds. The van der Waals surface area contributed by atoms with Crippen LogP contribution in [0, 0.1) is 5.41 Å². The van der Waals surface area contributed by atoms with Crippen molar-refractivity contribution in [3.8, 4) is 5.88 Å². The molecular weight excluding hydrogens is 346 g/mol. The zero-order chi connectivity index (χ0) is 19.3. The maximum absolute atomic E-state index is 12.8. The molecule has 0 aromatic carbocycles. The van der Waals surface area contributed by atoms with Gasteiger partial charge in [0.2, 0.25) is 11.8 Å². The molecule has 7 heteroatoms. The number of likely N-dealkylation sites (N-methyl/N-ethyl adjacent to an activating group) is 1. The predicted octanol–water partition coefficient (Wildman–Crippen LogP) is 2.67. The average molecular weight is 377 g/mol. The summed E-state index contributed by atoms with van der Waals surface area (Å²) in [4.78, 5) is 19.0. The first-order chi connectivity index (χ1) is 12.9. The van der Waals surface area contributed by atoms with Gasteiger partial charge in [-0.05, 0) is 39.9 Å². The fraction of sp³-hybridized carbons (Fsp3) is 0.700. The van der Waals surface area contributed by atoms with Crippen LogP contribution in [0.1, 0.15) is 39.0 Å². The monoisotopic (exact) mass is 377 g/mol. The van der Waals surface area contributed by atoms with Crippen molar-refractivity contribution >= 4 is 11.6 Å². The van der Waals surface area contributed by atoms with E-state index in [-0.39, 0.29) is 5.91 Å². The van der Waals surface area contributed by atoms with E-state index in [1.165, 1.54) is 6.42 Å². The molecule has 1 spiro atoms. The molecule has 0 radical (unpaired) electrons. The fourth-order valence-corrected chi connectivity index (χ4v) is 3.33. The molecule has 1 aromatic heterocycles. The Bertz CT molecular complexity index is 617. The molecule has 27 heavy (non-hydrogen) atoms. The van der Waals surface area contributed by atoms with Crippen LogP contribution in [0.15, 0.2) is 18.3 Å². The smallest absolute Gasteiger partial charge is 0.235 e. The molecule has 1 saturated carbocycles. The van der Waals surface area contributed by atoms with Crippen LogP contribution in [0.25, 0.3) is 0 Å². The van der Waals surface area contributed by atoms with Gasteiger partial charge in [0.1, 0.15) is 6.61 Å². The molecule has 2 heterocycles. The Labute approximate surface area is 161 Å². The van der Waals surface area contributed by atoms with Crippen molar-refractivity contribution in [2.75, 3.05) is 45.8 Å². The Morgan fingerprint density at radius 2 is 1.93 bits per heavy atom. The largest absolute Gasteiger partial charge is 0.476 e. The third-order valence-electron chi connectivity index (χ3n) is 5.25. The van der Waals surface area contributed by atoms with Gasteiger partial charge in [-0.25, -0.2) is 4.98 Å². The highest BCUT2D eigenvalue weighted by Crippen LogP contribution is 2.39. The molecule has 2 aliphatic rings. The number of amides is 1. The molecule has 1 aliphatic carbocycles. The summed E-state index contributed by atoms with van der Waals surface area (Å²) < 4.78 is 17.7. The molecule has 3 rings (SSSR count). The Hall–Kier alpha value is -1.70. The van der Waals surface area contributed by atoms with Crippen molar-refractivity contribution < 1.29 is 19.0 Å². The third-order valence-corrected chi connectivity index (χ3v) is 5.25. The van der Waals surface area contributed by atoms with Crippen LogP contribution in [-0.2, 0) is 14.3 Å². The highest BCUT2D eigenvalue weighted by atomic mass is 16.7. The van der Waals surface area contributed by atoms with Gasteiger partial charge < -0.3 is 24.4 Å². The van der Waals surface area contributed by atoms with Crippen molar-refractivity contribution in [2.24, 2.45) is 5.41 Å². The van der Waals surface area contributed by atoms with Crippen molar-refractivity contribution in [3.05, 3.63) is 18.3 Å². The van der Waals surface area contributed by atoms with E-state index in [1.807, 2.05) is 25.9 Å². The van der Waals surface area contributed by atoms with E-state index in [2.05, 4.69) is 10.3 Å². The van der Waals surface area contributed by atoms with Gasteiger partial charge in [0.15, 0.2) is 5.79 Å². The fourth-order valence-electron chi connectivity index (χ4n) is 3.33. The highest BCUT2D eigenvalue weighted by Gasteiger charge is 2.46. The summed E-state index contributed by atoms with van der Waals surface area (Å²) in [5.74, 6) is -0.0358. The summed E-state index contributed by atoms with van der Waals surface area (Å²) in [7, 11) is 3.98. The minimum Gasteiger partial charge on any atom is -0.476 e. The van der Waals surface area contributed by atoms with E-state index in [1.54, 1.807) is 18.3 Å². The molecule has 1 N–H and O–H groups in total. The number of nitrogens with zero attached hydrogens (tertiary/aromatic N) is 2. The Morgan fingerprint density at radius 1 is 1.22 bits per heavy atom. The topological polar surface area (TPSA) is 72.9 Å². The van der Waals surface area contributed by atoms with Gasteiger partial charge in [-0.3, -0.25) is 4.79 Å². The summed E-state index contributed by atoms with van der Waals surface area (Å²) in [6.45, 7) is 4.01. The van der Waals surface area contributed by atoms with Gasteiger partial charge in [0, 0.05) is 25.5 Å². The van der Waals surface area contributed by atoms with Crippen LogP contribution in [0.3, 0.4) is 0 Å². The lowest BCUT2D eigenvalue weighted by Gasteiger charge is -2.45. The van der Waals surface area contributed by atoms with Crippen LogP contribution in [0.2, 0.25) is 0 Å². The number of carbonyl (C=O) groups excluding carboxylic acids is 1. The van der Waals surface area contributed by atoms with Crippen LogP contribution >= 0.6 is 0 Å². The third kappa shape index (κ3) is 5.18. The number of aromatic nitrogens is 1. The average Bonchev–Trinajstić information content (AvgIpc) is 2.66. The normalized spacial score (nSPS) is 21.2. The quantitative estimate of drug-likeness (QED) is 0.822. The Balaban J connectivity index is 1.51. The zero-order valence-electron chi connectivity index (χ0n) is 16.6. The van der Waals surface area contributed by atoms with Gasteiger partial charge in [-0.1, -0.05) is 6.42 Å².